The number of likely N-dealkylation sites (tertiary alicyclic amines) is 1. The maximum atomic E-state index is 12.8. The number of halogens is 1. The van der Waals surface area contributed by atoms with E-state index in [1.165, 1.54) is 6.07 Å². The molecule has 1 atom stereocenters. The quantitative estimate of drug-likeness (QED) is 0.806. The fraction of sp³-hybridized carbons (Fsp3) is 0.368. The van der Waals surface area contributed by atoms with E-state index in [0.717, 1.165) is 36.0 Å². The smallest absolute Gasteiger partial charge is 0.250 e. The van der Waals surface area contributed by atoms with Crippen LogP contribution in [0.1, 0.15) is 24.4 Å². The van der Waals surface area contributed by atoms with E-state index in [1.54, 1.807) is 16.8 Å². The highest BCUT2D eigenvalue weighted by atomic mass is 79.9. The van der Waals surface area contributed by atoms with Crippen LogP contribution < -0.4 is 10.9 Å². The molecular formula is C19H22BrN3O2. The number of hydrogen-bond donors (Lipinski definition) is 1. The lowest BCUT2D eigenvalue weighted by Crippen LogP contribution is -2.40. The Bertz CT molecular complexity index is 767. The Morgan fingerprint density at radius 1 is 1.12 bits per heavy atom. The molecule has 0 saturated carbocycles. The molecule has 1 aromatic heterocycles. The summed E-state index contributed by atoms with van der Waals surface area (Å²) in [6.45, 7) is 2.78. The number of amides is 1. The fourth-order valence-electron chi connectivity index (χ4n) is 3.21. The van der Waals surface area contributed by atoms with Crippen molar-refractivity contribution in [2.24, 2.45) is 0 Å². The van der Waals surface area contributed by atoms with Gasteiger partial charge < -0.3 is 9.88 Å². The zero-order chi connectivity index (χ0) is 17.6. The Labute approximate surface area is 155 Å². The maximum absolute atomic E-state index is 12.8. The third-order valence-corrected chi connectivity index (χ3v) is 5.02. The second-order valence-electron chi connectivity index (χ2n) is 6.22. The molecule has 2 aromatic rings. The van der Waals surface area contributed by atoms with Crippen molar-refractivity contribution in [3.63, 3.8) is 0 Å². The molecule has 2 heterocycles. The molecule has 0 bridgehead atoms. The molecule has 1 N–H and O–H groups in total. The molecule has 6 heteroatoms. The molecule has 0 spiro atoms. The van der Waals surface area contributed by atoms with Crippen LogP contribution in [-0.4, -0.2) is 35.0 Å². The summed E-state index contributed by atoms with van der Waals surface area (Å²) >= 11 is 3.44. The molecule has 0 unspecified atom stereocenters. The van der Waals surface area contributed by atoms with Gasteiger partial charge >= 0.3 is 0 Å². The van der Waals surface area contributed by atoms with Gasteiger partial charge in [0.1, 0.15) is 6.04 Å². The molecule has 5 nitrogen and oxygen atoms in total. The van der Waals surface area contributed by atoms with Gasteiger partial charge in [0.05, 0.1) is 0 Å². The first kappa shape index (κ1) is 17.9. The molecule has 0 aliphatic carbocycles. The van der Waals surface area contributed by atoms with Crippen LogP contribution in [0.3, 0.4) is 0 Å². The number of nitrogens with one attached hydrogen (secondary N) is 1. The number of benzene rings is 1. The number of carbonyl (C=O) groups is 1. The number of nitrogens with zero attached hydrogens (tertiary/aromatic N) is 2. The third kappa shape index (κ3) is 4.58. The summed E-state index contributed by atoms with van der Waals surface area (Å²) in [7, 11) is 0. The topological polar surface area (TPSA) is 54.3 Å². The van der Waals surface area contributed by atoms with Gasteiger partial charge in [-0.1, -0.05) is 34.1 Å². The van der Waals surface area contributed by atoms with Crippen LogP contribution in [0, 0.1) is 0 Å². The normalized spacial score (nSPS) is 15.9. The molecule has 1 saturated heterocycles. The van der Waals surface area contributed by atoms with Gasteiger partial charge in [0.2, 0.25) is 5.91 Å². The Kier molecular flexibility index (Phi) is 6.04. The summed E-state index contributed by atoms with van der Waals surface area (Å²) in [4.78, 5) is 26.8. The van der Waals surface area contributed by atoms with E-state index in [2.05, 4.69) is 26.1 Å². The number of aromatic nitrogens is 1. The average Bonchev–Trinajstić information content (AvgIpc) is 3.13. The summed E-state index contributed by atoms with van der Waals surface area (Å²) in [5, 5.41) is 3.00. The van der Waals surface area contributed by atoms with Crippen molar-refractivity contribution in [2.45, 2.75) is 25.4 Å². The van der Waals surface area contributed by atoms with Crippen molar-refractivity contribution in [3.05, 3.63) is 69.1 Å². The molecule has 132 valence electrons. The Balaban J connectivity index is 1.67. The highest BCUT2D eigenvalue weighted by Crippen LogP contribution is 2.26. The maximum Gasteiger partial charge on any atom is 0.250 e. The van der Waals surface area contributed by atoms with E-state index < -0.39 is 0 Å². The summed E-state index contributed by atoms with van der Waals surface area (Å²) in [5.41, 5.74) is 0.945. The van der Waals surface area contributed by atoms with Gasteiger partial charge in [-0.25, -0.2) is 0 Å². The SMILES string of the molecule is O=C(NCCn1ccccc1=O)[C@H](c1ccc(Br)cc1)N1CCCC1. The van der Waals surface area contributed by atoms with Crippen LogP contribution in [0.15, 0.2) is 57.9 Å². The first-order valence-corrected chi connectivity index (χ1v) is 9.37. The van der Waals surface area contributed by atoms with Crippen LogP contribution in [0.25, 0.3) is 0 Å². The minimum Gasteiger partial charge on any atom is -0.353 e. The fourth-order valence-corrected chi connectivity index (χ4v) is 3.48. The van der Waals surface area contributed by atoms with Gasteiger partial charge in [-0.05, 0) is 49.7 Å². The van der Waals surface area contributed by atoms with Crippen molar-refractivity contribution in [1.29, 1.82) is 0 Å². The molecular weight excluding hydrogens is 382 g/mol. The zero-order valence-electron chi connectivity index (χ0n) is 14.0. The Hall–Kier alpha value is -1.92. The lowest BCUT2D eigenvalue weighted by atomic mass is 10.0. The van der Waals surface area contributed by atoms with E-state index in [-0.39, 0.29) is 17.5 Å². The minimum atomic E-state index is -0.275. The van der Waals surface area contributed by atoms with Crippen LogP contribution in [0.5, 0.6) is 0 Å². The third-order valence-electron chi connectivity index (χ3n) is 4.49. The van der Waals surface area contributed by atoms with Crippen LogP contribution in [0.4, 0.5) is 0 Å². The van der Waals surface area contributed by atoms with Gasteiger partial charge in [0.25, 0.3) is 5.56 Å². The molecule has 1 amide bonds. The predicted octanol–water partition coefficient (Wildman–Crippen LogP) is 2.56. The van der Waals surface area contributed by atoms with Gasteiger partial charge in [-0.15, -0.1) is 0 Å². The van der Waals surface area contributed by atoms with Gasteiger partial charge in [0, 0.05) is 29.8 Å². The first-order chi connectivity index (χ1) is 12.1. The second-order valence-corrected chi connectivity index (χ2v) is 7.14. The molecule has 1 aliphatic heterocycles. The highest BCUT2D eigenvalue weighted by Gasteiger charge is 2.29. The molecule has 0 radical (unpaired) electrons. The van der Waals surface area contributed by atoms with Crippen molar-refractivity contribution in [1.82, 2.24) is 14.8 Å². The number of rotatable bonds is 6. The van der Waals surface area contributed by atoms with Crippen molar-refractivity contribution in [3.8, 4) is 0 Å². The van der Waals surface area contributed by atoms with Gasteiger partial charge in [0.15, 0.2) is 0 Å². The number of carbonyl (C=O) groups excluding carboxylic acids is 1. The zero-order valence-corrected chi connectivity index (χ0v) is 15.6. The largest absolute Gasteiger partial charge is 0.353 e. The molecule has 3 rings (SSSR count). The van der Waals surface area contributed by atoms with E-state index in [4.69, 9.17) is 0 Å². The lowest BCUT2D eigenvalue weighted by molar-refractivity contribution is -0.126. The molecule has 1 fully saturated rings. The standard InChI is InChI=1S/C19H22BrN3O2/c20-16-8-6-15(7-9-16)18(23-12-3-4-13-23)19(25)21-10-14-22-11-2-1-5-17(22)24/h1-2,5-9,11,18H,3-4,10,12-14H2,(H,21,25)/t18-/m0/s1. The van der Waals surface area contributed by atoms with Crippen LogP contribution in [-0.2, 0) is 11.3 Å². The van der Waals surface area contributed by atoms with Crippen LogP contribution >= 0.6 is 15.9 Å². The van der Waals surface area contributed by atoms with Crippen molar-refractivity contribution >= 4 is 21.8 Å². The number of hydrogen-bond acceptors (Lipinski definition) is 3. The predicted molar refractivity (Wildman–Crippen MR) is 101 cm³/mol. The van der Waals surface area contributed by atoms with Crippen molar-refractivity contribution in [2.75, 3.05) is 19.6 Å². The number of pyridine rings is 1. The molecule has 25 heavy (non-hydrogen) atoms. The van der Waals surface area contributed by atoms with Crippen LogP contribution in [0.2, 0.25) is 0 Å². The Morgan fingerprint density at radius 2 is 1.84 bits per heavy atom. The Morgan fingerprint density at radius 3 is 2.52 bits per heavy atom. The van der Waals surface area contributed by atoms with E-state index >= 15 is 0 Å². The second kappa shape index (κ2) is 8.45. The van der Waals surface area contributed by atoms with Crippen molar-refractivity contribution < 1.29 is 4.79 Å². The minimum absolute atomic E-state index is 0.00629. The van der Waals surface area contributed by atoms with E-state index in [9.17, 15) is 9.59 Å². The van der Waals surface area contributed by atoms with E-state index in [1.807, 2.05) is 30.3 Å². The van der Waals surface area contributed by atoms with Gasteiger partial charge in [-0.3, -0.25) is 14.5 Å². The average molecular weight is 404 g/mol. The first-order valence-electron chi connectivity index (χ1n) is 8.58. The summed E-state index contributed by atoms with van der Waals surface area (Å²) in [6.07, 6.45) is 3.99. The van der Waals surface area contributed by atoms with E-state index in [0.29, 0.717) is 13.1 Å². The monoisotopic (exact) mass is 403 g/mol. The lowest BCUT2D eigenvalue weighted by Gasteiger charge is -2.27. The van der Waals surface area contributed by atoms with Gasteiger partial charge in [-0.2, -0.15) is 0 Å². The summed E-state index contributed by atoms with van der Waals surface area (Å²) in [6, 6.07) is 12.7. The molecule has 1 aliphatic rings. The summed E-state index contributed by atoms with van der Waals surface area (Å²) in [5.74, 6) is -0.00629. The molecule has 1 aromatic carbocycles. The summed E-state index contributed by atoms with van der Waals surface area (Å²) < 4.78 is 2.60. The highest BCUT2D eigenvalue weighted by molar-refractivity contribution is 9.10.